The third-order valence-electron chi connectivity index (χ3n) is 2.70. The molecule has 1 N–H and O–H groups in total. The number of anilines is 1. The second kappa shape index (κ2) is 6.40. The van der Waals surface area contributed by atoms with Gasteiger partial charge in [-0.1, -0.05) is 36.4 Å². The van der Waals surface area contributed by atoms with E-state index in [1.54, 1.807) is 6.20 Å². The van der Waals surface area contributed by atoms with Crippen LogP contribution in [0, 0.1) is 0 Å². The van der Waals surface area contributed by atoms with Gasteiger partial charge in [0.25, 0.3) is 0 Å². The average molecular weight is 265 g/mol. The van der Waals surface area contributed by atoms with Crippen molar-refractivity contribution in [3.8, 4) is 0 Å². The summed E-state index contributed by atoms with van der Waals surface area (Å²) < 4.78 is 1.88. The standard InChI is InChI=1S/C13H17ClN4/c1-2-7-18-13(10-16-17-18)15-9-12-5-3-11(8-14)4-6-12/h3-6,10,15H,2,7-9H2,1H3. The Kier molecular flexibility index (Phi) is 4.59. The quantitative estimate of drug-likeness (QED) is 0.816. The first kappa shape index (κ1) is 12.9. The minimum absolute atomic E-state index is 0.556. The highest BCUT2D eigenvalue weighted by Crippen LogP contribution is 2.10. The molecule has 5 heteroatoms. The highest BCUT2D eigenvalue weighted by molar-refractivity contribution is 6.17. The van der Waals surface area contributed by atoms with Gasteiger partial charge in [-0.15, -0.1) is 16.7 Å². The summed E-state index contributed by atoms with van der Waals surface area (Å²) in [4.78, 5) is 0. The number of benzene rings is 1. The molecule has 0 unspecified atom stereocenters. The van der Waals surface area contributed by atoms with E-state index in [1.165, 1.54) is 5.56 Å². The van der Waals surface area contributed by atoms with E-state index in [9.17, 15) is 0 Å². The van der Waals surface area contributed by atoms with Crippen LogP contribution in [0.3, 0.4) is 0 Å². The van der Waals surface area contributed by atoms with Crippen LogP contribution in [0.1, 0.15) is 24.5 Å². The first-order valence-corrected chi connectivity index (χ1v) is 6.63. The van der Waals surface area contributed by atoms with E-state index >= 15 is 0 Å². The van der Waals surface area contributed by atoms with Crippen LogP contribution >= 0.6 is 11.6 Å². The molecular formula is C13H17ClN4. The maximum atomic E-state index is 5.76. The van der Waals surface area contributed by atoms with E-state index in [0.717, 1.165) is 30.9 Å². The molecule has 18 heavy (non-hydrogen) atoms. The van der Waals surface area contributed by atoms with Gasteiger partial charge in [0.1, 0.15) is 5.82 Å². The Morgan fingerprint density at radius 3 is 2.61 bits per heavy atom. The lowest BCUT2D eigenvalue weighted by Gasteiger charge is -2.08. The molecule has 1 aromatic carbocycles. The minimum Gasteiger partial charge on any atom is -0.365 e. The summed E-state index contributed by atoms with van der Waals surface area (Å²) in [7, 11) is 0. The van der Waals surface area contributed by atoms with Gasteiger partial charge in [0.2, 0.25) is 0 Å². The molecule has 2 rings (SSSR count). The number of nitrogens with zero attached hydrogens (tertiary/aromatic N) is 3. The van der Waals surface area contributed by atoms with Crippen LogP contribution in [-0.2, 0) is 19.0 Å². The highest BCUT2D eigenvalue weighted by Gasteiger charge is 2.02. The topological polar surface area (TPSA) is 42.7 Å². The fraction of sp³-hybridized carbons (Fsp3) is 0.385. The van der Waals surface area contributed by atoms with Gasteiger partial charge in [0.05, 0.1) is 6.20 Å². The molecule has 0 spiro atoms. The number of aryl methyl sites for hydroxylation is 1. The third-order valence-corrected chi connectivity index (χ3v) is 3.01. The van der Waals surface area contributed by atoms with Gasteiger partial charge >= 0.3 is 0 Å². The van der Waals surface area contributed by atoms with E-state index in [0.29, 0.717) is 5.88 Å². The van der Waals surface area contributed by atoms with Gasteiger partial charge in [-0.3, -0.25) is 0 Å². The van der Waals surface area contributed by atoms with Crippen molar-refractivity contribution in [2.24, 2.45) is 0 Å². The molecule has 0 saturated heterocycles. The van der Waals surface area contributed by atoms with Gasteiger partial charge < -0.3 is 5.32 Å². The van der Waals surface area contributed by atoms with Crippen LogP contribution in [0.2, 0.25) is 0 Å². The molecule has 2 aromatic rings. The van der Waals surface area contributed by atoms with Crippen LogP contribution in [0.5, 0.6) is 0 Å². The molecule has 0 aliphatic carbocycles. The minimum atomic E-state index is 0.556. The Morgan fingerprint density at radius 1 is 1.22 bits per heavy atom. The summed E-state index contributed by atoms with van der Waals surface area (Å²) >= 11 is 5.76. The summed E-state index contributed by atoms with van der Waals surface area (Å²) in [5.74, 6) is 1.51. The summed E-state index contributed by atoms with van der Waals surface area (Å²) in [5.41, 5.74) is 2.35. The molecular weight excluding hydrogens is 248 g/mol. The Balaban J connectivity index is 1.95. The summed E-state index contributed by atoms with van der Waals surface area (Å²) in [6.07, 6.45) is 2.80. The Hall–Kier alpha value is -1.55. The molecule has 0 saturated carbocycles. The highest BCUT2D eigenvalue weighted by atomic mass is 35.5. The van der Waals surface area contributed by atoms with E-state index in [4.69, 9.17) is 11.6 Å². The lowest BCUT2D eigenvalue weighted by molar-refractivity contribution is 0.583. The second-order valence-electron chi connectivity index (χ2n) is 4.15. The van der Waals surface area contributed by atoms with E-state index in [2.05, 4.69) is 34.7 Å². The Morgan fingerprint density at radius 2 is 1.94 bits per heavy atom. The molecule has 96 valence electrons. The molecule has 0 aliphatic rings. The average Bonchev–Trinajstić information content (AvgIpc) is 2.85. The predicted molar refractivity (Wildman–Crippen MR) is 73.6 cm³/mol. The van der Waals surface area contributed by atoms with E-state index in [-0.39, 0.29) is 0 Å². The van der Waals surface area contributed by atoms with Gasteiger partial charge in [-0.2, -0.15) is 0 Å². The lowest BCUT2D eigenvalue weighted by atomic mass is 10.1. The second-order valence-corrected chi connectivity index (χ2v) is 4.41. The molecule has 0 aliphatic heterocycles. The number of rotatable bonds is 6. The SMILES string of the molecule is CCCn1nncc1NCc1ccc(CCl)cc1. The van der Waals surface area contributed by atoms with Crippen LogP contribution in [0.4, 0.5) is 5.82 Å². The Bertz CT molecular complexity index is 478. The monoisotopic (exact) mass is 264 g/mol. The van der Waals surface area contributed by atoms with Crippen LogP contribution in [0.15, 0.2) is 30.5 Å². The summed E-state index contributed by atoms with van der Waals surface area (Å²) in [5, 5.41) is 11.3. The molecule has 1 aromatic heterocycles. The van der Waals surface area contributed by atoms with Crippen molar-refractivity contribution in [1.29, 1.82) is 0 Å². The molecule has 0 amide bonds. The molecule has 0 atom stereocenters. The lowest BCUT2D eigenvalue weighted by Crippen LogP contribution is -2.07. The van der Waals surface area contributed by atoms with Crippen molar-refractivity contribution in [3.63, 3.8) is 0 Å². The van der Waals surface area contributed by atoms with Gasteiger partial charge in [0, 0.05) is 19.0 Å². The normalized spacial score (nSPS) is 10.6. The van der Waals surface area contributed by atoms with Crippen molar-refractivity contribution >= 4 is 17.4 Å². The summed E-state index contributed by atoms with van der Waals surface area (Å²) in [6, 6.07) is 8.26. The van der Waals surface area contributed by atoms with Gasteiger partial charge in [-0.05, 0) is 17.5 Å². The molecule has 0 radical (unpaired) electrons. The van der Waals surface area contributed by atoms with Crippen molar-refractivity contribution < 1.29 is 0 Å². The van der Waals surface area contributed by atoms with E-state index < -0.39 is 0 Å². The van der Waals surface area contributed by atoms with Crippen LogP contribution < -0.4 is 5.32 Å². The van der Waals surface area contributed by atoms with Crippen LogP contribution in [0.25, 0.3) is 0 Å². The van der Waals surface area contributed by atoms with Crippen molar-refractivity contribution in [2.75, 3.05) is 5.32 Å². The number of aromatic nitrogens is 3. The van der Waals surface area contributed by atoms with Crippen molar-refractivity contribution in [1.82, 2.24) is 15.0 Å². The van der Waals surface area contributed by atoms with Crippen molar-refractivity contribution in [3.05, 3.63) is 41.6 Å². The smallest absolute Gasteiger partial charge is 0.145 e. The summed E-state index contributed by atoms with van der Waals surface area (Å²) in [6.45, 7) is 3.77. The number of halogens is 1. The maximum absolute atomic E-state index is 5.76. The number of hydrogen-bond acceptors (Lipinski definition) is 3. The fourth-order valence-electron chi connectivity index (χ4n) is 1.71. The zero-order valence-electron chi connectivity index (χ0n) is 10.4. The van der Waals surface area contributed by atoms with Crippen LogP contribution in [-0.4, -0.2) is 15.0 Å². The first-order chi connectivity index (χ1) is 8.83. The molecule has 4 nitrogen and oxygen atoms in total. The predicted octanol–water partition coefficient (Wildman–Crippen LogP) is 3.04. The van der Waals surface area contributed by atoms with E-state index in [1.807, 2.05) is 16.8 Å². The molecule has 0 fully saturated rings. The largest absolute Gasteiger partial charge is 0.365 e. The van der Waals surface area contributed by atoms with Gasteiger partial charge in [0.15, 0.2) is 0 Å². The zero-order valence-corrected chi connectivity index (χ0v) is 11.2. The Labute approximate surface area is 112 Å². The number of alkyl halides is 1. The molecule has 1 heterocycles. The fourth-order valence-corrected chi connectivity index (χ4v) is 1.89. The number of hydrogen-bond donors (Lipinski definition) is 1. The first-order valence-electron chi connectivity index (χ1n) is 6.09. The van der Waals surface area contributed by atoms with Crippen molar-refractivity contribution in [2.45, 2.75) is 32.3 Å². The van der Waals surface area contributed by atoms with Gasteiger partial charge in [-0.25, -0.2) is 4.68 Å². The molecule has 0 bridgehead atoms. The maximum Gasteiger partial charge on any atom is 0.145 e. The third kappa shape index (κ3) is 3.23. The zero-order chi connectivity index (χ0) is 12.8. The number of nitrogens with one attached hydrogen (secondary N) is 1.